The van der Waals surface area contributed by atoms with Crippen molar-refractivity contribution in [3.05, 3.63) is 71.4 Å². The summed E-state index contributed by atoms with van der Waals surface area (Å²) in [5.74, 6) is 1.08. The van der Waals surface area contributed by atoms with E-state index in [-0.39, 0.29) is 0 Å². The van der Waals surface area contributed by atoms with Crippen molar-refractivity contribution in [2.24, 2.45) is 0 Å². The van der Waals surface area contributed by atoms with E-state index in [4.69, 9.17) is 11.6 Å². The summed E-state index contributed by atoms with van der Waals surface area (Å²) in [5, 5.41) is 14.9. The van der Waals surface area contributed by atoms with E-state index < -0.39 is 0 Å². The van der Waals surface area contributed by atoms with Crippen LogP contribution in [0, 0.1) is 0 Å². The Morgan fingerprint density at radius 2 is 1.74 bits per heavy atom. The third-order valence-electron chi connectivity index (χ3n) is 3.24. The molecule has 23 heavy (non-hydrogen) atoms. The highest BCUT2D eigenvalue weighted by Crippen LogP contribution is 2.23. The number of aromatic nitrogens is 3. The molecule has 116 valence electrons. The molecule has 1 heterocycles. The molecule has 0 aliphatic carbocycles. The van der Waals surface area contributed by atoms with Crippen molar-refractivity contribution in [3.63, 3.8) is 0 Å². The Kier molecular flexibility index (Phi) is 5.01. The van der Waals surface area contributed by atoms with Crippen molar-refractivity contribution in [2.75, 3.05) is 17.2 Å². The first-order chi connectivity index (χ1) is 11.3. The van der Waals surface area contributed by atoms with Crippen molar-refractivity contribution >= 4 is 29.1 Å². The predicted octanol–water partition coefficient (Wildman–Crippen LogP) is 3.92. The molecule has 0 spiro atoms. The Hall–Kier alpha value is -2.66. The fourth-order valence-electron chi connectivity index (χ4n) is 2.10. The number of para-hydroxylation sites is 1. The van der Waals surface area contributed by atoms with E-state index in [9.17, 15) is 0 Å². The van der Waals surface area contributed by atoms with Crippen molar-refractivity contribution in [1.29, 1.82) is 0 Å². The van der Waals surface area contributed by atoms with Gasteiger partial charge in [-0.3, -0.25) is 0 Å². The molecule has 0 saturated carbocycles. The summed E-state index contributed by atoms with van der Waals surface area (Å²) in [4.78, 5) is 4.39. The number of halogens is 1. The number of nitrogens with zero attached hydrogens (tertiary/aromatic N) is 3. The fourth-order valence-corrected chi connectivity index (χ4v) is 2.29. The highest BCUT2D eigenvalue weighted by Gasteiger charge is 2.03. The summed E-state index contributed by atoms with van der Waals surface area (Å²) in [5.41, 5.74) is 2.04. The first kappa shape index (κ1) is 15.2. The molecule has 0 amide bonds. The standard InChI is InChI=1S/C17H16ClN5/c18-14-8-4-5-9-15(14)21-16-12-20-23-17(22-16)19-11-10-13-6-2-1-3-7-13/h1-9,12H,10-11H2,(H2,19,21,22,23). The van der Waals surface area contributed by atoms with E-state index in [0.717, 1.165) is 18.7 Å². The van der Waals surface area contributed by atoms with Crippen LogP contribution in [0.15, 0.2) is 60.8 Å². The molecule has 6 heteroatoms. The average Bonchev–Trinajstić information content (AvgIpc) is 2.58. The zero-order valence-corrected chi connectivity index (χ0v) is 13.2. The fraction of sp³-hybridized carbons (Fsp3) is 0.118. The van der Waals surface area contributed by atoms with E-state index >= 15 is 0 Å². The quantitative estimate of drug-likeness (QED) is 0.719. The Labute approximate surface area is 139 Å². The Balaban J connectivity index is 1.60. The summed E-state index contributed by atoms with van der Waals surface area (Å²) in [7, 11) is 0. The smallest absolute Gasteiger partial charge is 0.244 e. The summed E-state index contributed by atoms with van der Waals surface area (Å²) in [6, 6.07) is 17.7. The average molecular weight is 326 g/mol. The molecule has 0 aliphatic heterocycles. The first-order valence-electron chi connectivity index (χ1n) is 7.30. The zero-order chi connectivity index (χ0) is 15.9. The summed E-state index contributed by atoms with van der Waals surface area (Å²) < 4.78 is 0. The van der Waals surface area contributed by atoms with Gasteiger partial charge in [0.2, 0.25) is 5.95 Å². The molecule has 1 aromatic heterocycles. The maximum atomic E-state index is 6.12. The summed E-state index contributed by atoms with van der Waals surface area (Å²) in [6.07, 6.45) is 2.46. The Morgan fingerprint density at radius 3 is 2.57 bits per heavy atom. The number of benzene rings is 2. The number of hydrogen-bond donors (Lipinski definition) is 2. The highest BCUT2D eigenvalue weighted by molar-refractivity contribution is 6.33. The van der Waals surface area contributed by atoms with Gasteiger partial charge in [-0.25, -0.2) is 0 Å². The van der Waals surface area contributed by atoms with Crippen molar-refractivity contribution < 1.29 is 0 Å². The molecule has 0 fully saturated rings. The van der Waals surface area contributed by atoms with Crippen LogP contribution < -0.4 is 10.6 Å². The molecule has 2 aromatic carbocycles. The number of nitrogens with one attached hydrogen (secondary N) is 2. The maximum absolute atomic E-state index is 6.12. The molecule has 0 saturated heterocycles. The van der Waals surface area contributed by atoms with Gasteiger partial charge >= 0.3 is 0 Å². The van der Waals surface area contributed by atoms with E-state index in [2.05, 4.69) is 37.9 Å². The van der Waals surface area contributed by atoms with E-state index in [0.29, 0.717) is 16.8 Å². The third kappa shape index (κ3) is 4.40. The van der Waals surface area contributed by atoms with Gasteiger partial charge in [0.05, 0.1) is 16.9 Å². The van der Waals surface area contributed by atoms with Crippen LogP contribution in [0.4, 0.5) is 17.5 Å². The largest absolute Gasteiger partial charge is 0.353 e. The van der Waals surface area contributed by atoms with Gasteiger partial charge in [0.15, 0.2) is 5.82 Å². The molecule has 3 rings (SSSR count). The third-order valence-corrected chi connectivity index (χ3v) is 3.56. The number of anilines is 3. The molecule has 5 nitrogen and oxygen atoms in total. The van der Waals surface area contributed by atoms with Crippen molar-refractivity contribution in [2.45, 2.75) is 6.42 Å². The van der Waals surface area contributed by atoms with Gasteiger partial charge in [-0.15, -0.1) is 5.10 Å². The second-order valence-electron chi connectivity index (χ2n) is 4.93. The molecular weight excluding hydrogens is 310 g/mol. The van der Waals surface area contributed by atoms with Crippen LogP contribution in [0.3, 0.4) is 0 Å². The summed E-state index contributed by atoms with van der Waals surface area (Å²) in [6.45, 7) is 0.737. The van der Waals surface area contributed by atoms with E-state index in [1.54, 1.807) is 6.20 Å². The zero-order valence-electron chi connectivity index (χ0n) is 12.4. The second-order valence-corrected chi connectivity index (χ2v) is 5.34. The van der Waals surface area contributed by atoms with Crippen LogP contribution in [0.5, 0.6) is 0 Å². The minimum atomic E-state index is 0.484. The van der Waals surface area contributed by atoms with E-state index in [1.165, 1.54) is 5.56 Å². The SMILES string of the molecule is Clc1ccccc1Nc1cnnc(NCCc2ccccc2)n1. The maximum Gasteiger partial charge on any atom is 0.244 e. The van der Waals surface area contributed by atoms with Crippen LogP contribution in [-0.4, -0.2) is 21.7 Å². The molecule has 0 bridgehead atoms. The van der Waals surface area contributed by atoms with Crippen LogP contribution in [0.1, 0.15) is 5.56 Å². The topological polar surface area (TPSA) is 62.7 Å². The molecule has 2 N–H and O–H groups in total. The number of hydrogen-bond acceptors (Lipinski definition) is 5. The molecule has 3 aromatic rings. The molecule has 0 aliphatic rings. The number of rotatable bonds is 6. The highest BCUT2D eigenvalue weighted by atomic mass is 35.5. The lowest BCUT2D eigenvalue weighted by molar-refractivity contribution is 0.929. The van der Waals surface area contributed by atoms with E-state index in [1.807, 2.05) is 42.5 Å². The van der Waals surface area contributed by atoms with Crippen LogP contribution in [-0.2, 0) is 6.42 Å². The molecular formula is C17H16ClN5. The first-order valence-corrected chi connectivity index (χ1v) is 7.68. The van der Waals surface area contributed by atoms with Gasteiger partial charge in [0.25, 0.3) is 0 Å². The minimum Gasteiger partial charge on any atom is -0.353 e. The van der Waals surface area contributed by atoms with Gasteiger partial charge < -0.3 is 10.6 Å². The van der Waals surface area contributed by atoms with Gasteiger partial charge in [0, 0.05) is 6.54 Å². The molecule has 0 radical (unpaired) electrons. The lowest BCUT2D eigenvalue weighted by Crippen LogP contribution is -2.09. The van der Waals surface area contributed by atoms with Gasteiger partial charge in [-0.1, -0.05) is 54.1 Å². The normalized spacial score (nSPS) is 10.3. The Morgan fingerprint density at radius 1 is 0.957 bits per heavy atom. The van der Waals surface area contributed by atoms with Gasteiger partial charge in [0.1, 0.15) is 0 Å². The second kappa shape index (κ2) is 7.56. The summed E-state index contributed by atoms with van der Waals surface area (Å²) >= 11 is 6.12. The molecule has 0 atom stereocenters. The predicted molar refractivity (Wildman–Crippen MR) is 93.2 cm³/mol. The van der Waals surface area contributed by atoms with Crippen LogP contribution in [0.2, 0.25) is 5.02 Å². The van der Waals surface area contributed by atoms with Crippen LogP contribution in [0.25, 0.3) is 0 Å². The minimum absolute atomic E-state index is 0.484. The molecule has 0 unspecified atom stereocenters. The lowest BCUT2D eigenvalue weighted by Gasteiger charge is -2.08. The van der Waals surface area contributed by atoms with Gasteiger partial charge in [-0.05, 0) is 24.1 Å². The Bertz CT molecular complexity index is 764. The monoisotopic (exact) mass is 325 g/mol. The van der Waals surface area contributed by atoms with Gasteiger partial charge in [-0.2, -0.15) is 10.1 Å². The van der Waals surface area contributed by atoms with Crippen molar-refractivity contribution in [3.8, 4) is 0 Å². The lowest BCUT2D eigenvalue weighted by atomic mass is 10.1. The van der Waals surface area contributed by atoms with Crippen molar-refractivity contribution in [1.82, 2.24) is 15.2 Å². The van der Waals surface area contributed by atoms with Crippen LogP contribution >= 0.6 is 11.6 Å².